The van der Waals surface area contributed by atoms with Crippen LogP contribution in [0.1, 0.15) is 42.2 Å². The molecule has 1 saturated heterocycles. The van der Waals surface area contributed by atoms with Crippen molar-refractivity contribution in [3.63, 3.8) is 0 Å². The summed E-state index contributed by atoms with van der Waals surface area (Å²) in [6.07, 6.45) is 6.27. The molecule has 1 aliphatic rings. The van der Waals surface area contributed by atoms with Gasteiger partial charge in [0, 0.05) is 32.3 Å². The highest BCUT2D eigenvalue weighted by Gasteiger charge is 2.20. The second-order valence-corrected chi connectivity index (χ2v) is 7.14. The Kier molecular flexibility index (Phi) is 5.53. The van der Waals surface area contributed by atoms with Crippen LogP contribution in [0.5, 0.6) is 0 Å². The van der Waals surface area contributed by atoms with Crippen LogP contribution in [0, 0.1) is 0 Å². The Labute approximate surface area is 165 Å². The summed E-state index contributed by atoms with van der Waals surface area (Å²) in [6.45, 7) is 1.52. The van der Waals surface area contributed by atoms with Gasteiger partial charge in [-0.25, -0.2) is 4.98 Å². The number of imidazole rings is 1. The number of methoxy groups -OCH3 is 1. The number of carbonyl (C=O) groups is 1. The van der Waals surface area contributed by atoms with Crippen molar-refractivity contribution in [2.24, 2.45) is 0 Å². The highest BCUT2D eigenvalue weighted by molar-refractivity contribution is 5.93. The van der Waals surface area contributed by atoms with E-state index in [0.29, 0.717) is 13.0 Å². The van der Waals surface area contributed by atoms with E-state index in [1.54, 1.807) is 7.11 Å². The second-order valence-electron chi connectivity index (χ2n) is 7.14. The number of carbonyl (C=O) groups excluding carboxylic acids is 1. The lowest BCUT2D eigenvalue weighted by Gasteiger charge is -2.27. The lowest BCUT2D eigenvalue weighted by molar-refractivity contribution is -0.119. The number of amides is 1. The minimum atomic E-state index is -0.158. The molecule has 1 fully saturated rings. The van der Waals surface area contributed by atoms with Gasteiger partial charge in [-0.2, -0.15) is 0 Å². The number of piperidine rings is 1. The van der Waals surface area contributed by atoms with E-state index in [1.807, 2.05) is 47.8 Å². The summed E-state index contributed by atoms with van der Waals surface area (Å²) >= 11 is 0. The van der Waals surface area contributed by atoms with Crippen LogP contribution < -0.4 is 4.90 Å². The molecule has 1 aromatic heterocycles. The first-order chi connectivity index (χ1) is 13.8. The predicted octanol–water partition coefficient (Wildman–Crippen LogP) is 4.18. The first kappa shape index (κ1) is 18.4. The molecule has 28 heavy (non-hydrogen) atoms. The zero-order valence-corrected chi connectivity index (χ0v) is 16.1. The molecule has 0 spiro atoms. The molecule has 5 heteroatoms. The van der Waals surface area contributed by atoms with E-state index in [1.165, 1.54) is 0 Å². The summed E-state index contributed by atoms with van der Waals surface area (Å²) in [7, 11) is 1.72. The zero-order valence-electron chi connectivity index (χ0n) is 16.1. The van der Waals surface area contributed by atoms with E-state index in [4.69, 9.17) is 4.74 Å². The Hall–Kier alpha value is -2.92. The number of anilines is 1. The van der Waals surface area contributed by atoms with Gasteiger partial charge < -0.3 is 14.2 Å². The fourth-order valence-electron chi connectivity index (χ4n) is 3.79. The van der Waals surface area contributed by atoms with E-state index >= 15 is 0 Å². The molecule has 0 aliphatic carbocycles. The van der Waals surface area contributed by atoms with Gasteiger partial charge >= 0.3 is 0 Å². The van der Waals surface area contributed by atoms with Crippen LogP contribution in [0.25, 0.3) is 0 Å². The Bertz CT molecular complexity index is 919. The smallest absolute Gasteiger partial charge is 0.226 e. The van der Waals surface area contributed by atoms with Crippen LogP contribution in [-0.2, 0) is 16.1 Å². The SMILES string of the molecule is COC(c1ccccc1)c1cncn1Cc1ccc(N2CCCCC2=O)cc1. The van der Waals surface area contributed by atoms with Crippen molar-refractivity contribution < 1.29 is 9.53 Å². The number of hydrogen-bond donors (Lipinski definition) is 0. The van der Waals surface area contributed by atoms with Crippen molar-refractivity contribution in [2.75, 3.05) is 18.6 Å². The first-order valence-electron chi connectivity index (χ1n) is 9.73. The highest BCUT2D eigenvalue weighted by atomic mass is 16.5. The van der Waals surface area contributed by atoms with Crippen LogP contribution >= 0.6 is 0 Å². The van der Waals surface area contributed by atoms with Gasteiger partial charge in [0.2, 0.25) is 5.91 Å². The fourth-order valence-corrected chi connectivity index (χ4v) is 3.79. The van der Waals surface area contributed by atoms with Gasteiger partial charge in [-0.1, -0.05) is 42.5 Å². The fraction of sp³-hybridized carbons (Fsp3) is 0.304. The highest BCUT2D eigenvalue weighted by Crippen LogP contribution is 2.26. The third-order valence-electron chi connectivity index (χ3n) is 5.28. The van der Waals surface area contributed by atoms with Gasteiger partial charge in [0.1, 0.15) is 6.10 Å². The maximum atomic E-state index is 12.1. The Morgan fingerprint density at radius 2 is 1.86 bits per heavy atom. The molecule has 1 amide bonds. The van der Waals surface area contributed by atoms with E-state index < -0.39 is 0 Å². The number of nitrogens with zero attached hydrogens (tertiary/aromatic N) is 3. The lowest BCUT2D eigenvalue weighted by atomic mass is 10.1. The van der Waals surface area contributed by atoms with Gasteiger partial charge in [0.25, 0.3) is 0 Å². The quantitative estimate of drug-likeness (QED) is 0.649. The summed E-state index contributed by atoms with van der Waals surface area (Å²) in [5.74, 6) is 0.224. The molecule has 144 valence electrons. The topological polar surface area (TPSA) is 47.4 Å². The lowest BCUT2D eigenvalue weighted by Crippen LogP contribution is -2.35. The average molecular weight is 375 g/mol. The van der Waals surface area contributed by atoms with Gasteiger partial charge in [-0.15, -0.1) is 0 Å². The summed E-state index contributed by atoms with van der Waals surface area (Å²) in [6, 6.07) is 18.4. The minimum absolute atomic E-state index is 0.158. The number of benzene rings is 2. The maximum Gasteiger partial charge on any atom is 0.226 e. The van der Waals surface area contributed by atoms with Gasteiger partial charge in [-0.3, -0.25) is 4.79 Å². The third-order valence-corrected chi connectivity index (χ3v) is 5.28. The molecule has 2 heterocycles. The Morgan fingerprint density at radius 1 is 1.07 bits per heavy atom. The minimum Gasteiger partial charge on any atom is -0.370 e. The number of ether oxygens (including phenoxy) is 1. The van der Waals surface area contributed by atoms with E-state index in [9.17, 15) is 4.79 Å². The molecule has 1 atom stereocenters. The monoisotopic (exact) mass is 375 g/mol. The summed E-state index contributed by atoms with van der Waals surface area (Å²) in [5.41, 5.74) is 4.27. The van der Waals surface area contributed by atoms with Crippen LogP contribution in [0.15, 0.2) is 67.1 Å². The van der Waals surface area contributed by atoms with Crippen molar-refractivity contribution in [1.29, 1.82) is 0 Å². The van der Waals surface area contributed by atoms with Crippen molar-refractivity contribution in [3.05, 3.63) is 83.9 Å². The standard InChI is InChI=1S/C23H25N3O2/c1-28-23(19-7-3-2-4-8-19)21-15-24-17-25(21)16-18-10-12-20(13-11-18)26-14-6-5-9-22(26)27/h2-4,7-8,10-13,15,17,23H,5-6,9,14,16H2,1H3. The largest absolute Gasteiger partial charge is 0.370 e. The normalized spacial score (nSPS) is 15.6. The third kappa shape index (κ3) is 3.85. The number of hydrogen-bond acceptors (Lipinski definition) is 3. The zero-order chi connectivity index (χ0) is 19.3. The molecular formula is C23H25N3O2. The number of rotatable bonds is 6. The van der Waals surface area contributed by atoms with Gasteiger partial charge in [0.05, 0.1) is 18.2 Å². The van der Waals surface area contributed by atoms with Crippen LogP contribution in [-0.4, -0.2) is 29.1 Å². The Morgan fingerprint density at radius 3 is 2.57 bits per heavy atom. The van der Waals surface area contributed by atoms with Crippen molar-refractivity contribution in [1.82, 2.24) is 9.55 Å². The van der Waals surface area contributed by atoms with Crippen molar-refractivity contribution in [3.8, 4) is 0 Å². The number of aromatic nitrogens is 2. The van der Waals surface area contributed by atoms with Gasteiger partial charge in [-0.05, 0) is 36.1 Å². The average Bonchev–Trinajstić information content (AvgIpc) is 3.18. The molecule has 4 rings (SSSR count). The van der Waals surface area contributed by atoms with E-state index in [-0.39, 0.29) is 12.0 Å². The van der Waals surface area contributed by atoms with E-state index in [0.717, 1.165) is 41.9 Å². The van der Waals surface area contributed by atoms with E-state index in [2.05, 4.69) is 33.8 Å². The molecule has 5 nitrogen and oxygen atoms in total. The van der Waals surface area contributed by atoms with Crippen LogP contribution in [0.4, 0.5) is 5.69 Å². The molecule has 0 N–H and O–H groups in total. The summed E-state index contributed by atoms with van der Waals surface area (Å²) in [4.78, 5) is 18.4. The summed E-state index contributed by atoms with van der Waals surface area (Å²) in [5, 5.41) is 0. The molecular weight excluding hydrogens is 350 g/mol. The van der Waals surface area contributed by atoms with Crippen LogP contribution in [0.2, 0.25) is 0 Å². The van der Waals surface area contributed by atoms with Crippen molar-refractivity contribution >= 4 is 11.6 Å². The van der Waals surface area contributed by atoms with Gasteiger partial charge in [0.15, 0.2) is 0 Å². The molecule has 1 aliphatic heterocycles. The molecule has 0 saturated carbocycles. The molecule has 3 aromatic rings. The van der Waals surface area contributed by atoms with Crippen LogP contribution in [0.3, 0.4) is 0 Å². The molecule has 0 radical (unpaired) electrons. The predicted molar refractivity (Wildman–Crippen MR) is 109 cm³/mol. The second kappa shape index (κ2) is 8.40. The first-order valence-corrected chi connectivity index (χ1v) is 9.73. The van der Waals surface area contributed by atoms with Crippen molar-refractivity contribution in [2.45, 2.75) is 31.9 Å². The maximum absolute atomic E-state index is 12.1. The Balaban J connectivity index is 1.52. The molecule has 1 unspecified atom stereocenters. The molecule has 0 bridgehead atoms. The molecule has 2 aromatic carbocycles. The summed E-state index contributed by atoms with van der Waals surface area (Å²) < 4.78 is 7.88.